The molecule has 148 valence electrons. The predicted molar refractivity (Wildman–Crippen MR) is 96.3 cm³/mol. The van der Waals surface area contributed by atoms with Crippen LogP contribution < -0.4 is 10.7 Å². The van der Waals surface area contributed by atoms with Crippen molar-refractivity contribution in [2.45, 2.75) is 11.6 Å². The second-order valence-corrected chi connectivity index (χ2v) is 8.50. The molecule has 0 bridgehead atoms. The predicted octanol–water partition coefficient (Wildman–Crippen LogP) is 0.420. The first-order valence-corrected chi connectivity index (χ1v) is 10.2. The molecule has 0 atom stereocenters. The zero-order valence-electron chi connectivity index (χ0n) is 14.8. The highest BCUT2D eigenvalue weighted by Crippen LogP contribution is 2.22. The molecule has 0 unspecified atom stereocenters. The van der Waals surface area contributed by atoms with Gasteiger partial charge in [-0.3, -0.25) is 0 Å². The summed E-state index contributed by atoms with van der Waals surface area (Å²) in [6, 6.07) is 10.0. The van der Waals surface area contributed by atoms with Crippen LogP contribution in [0.25, 0.3) is 11.1 Å². The number of halogens is 2. The van der Waals surface area contributed by atoms with E-state index in [-0.39, 0.29) is 13.1 Å². The van der Waals surface area contributed by atoms with E-state index in [0.717, 1.165) is 27.4 Å². The van der Waals surface area contributed by atoms with E-state index in [1.807, 2.05) is 0 Å². The van der Waals surface area contributed by atoms with E-state index in [1.54, 1.807) is 24.3 Å². The quantitative estimate of drug-likeness (QED) is 0.677. The van der Waals surface area contributed by atoms with Gasteiger partial charge in [0, 0.05) is 0 Å². The molecule has 1 aliphatic rings. The molecule has 0 radical (unpaired) electrons. The van der Waals surface area contributed by atoms with Gasteiger partial charge in [-0.25, -0.2) is 26.6 Å². The second-order valence-electron chi connectivity index (χ2n) is 6.63. The summed E-state index contributed by atoms with van der Waals surface area (Å²) in [4.78, 5) is 12.1. The van der Waals surface area contributed by atoms with Gasteiger partial charge in [0.05, 0.1) is 31.7 Å². The molecular weight excluding hydrogens is 392 g/mol. The fourth-order valence-electron chi connectivity index (χ4n) is 3.45. The molecule has 1 N–H and O–H groups in total. The number of piperazine rings is 1. The van der Waals surface area contributed by atoms with E-state index < -0.39 is 32.3 Å². The van der Waals surface area contributed by atoms with Crippen molar-refractivity contribution >= 4 is 21.1 Å². The molecule has 10 heteroatoms. The van der Waals surface area contributed by atoms with E-state index in [2.05, 4.69) is 0 Å². The van der Waals surface area contributed by atoms with E-state index >= 15 is 0 Å². The van der Waals surface area contributed by atoms with Crippen molar-refractivity contribution in [1.82, 2.24) is 8.87 Å². The van der Waals surface area contributed by atoms with Crippen LogP contribution >= 0.6 is 0 Å². The van der Waals surface area contributed by atoms with E-state index in [9.17, 15) is 22.0 Å². The highest BCUT2D eigenvalue weighted by molar-refractivity contribution is 7.89. The lowest BCUT2D eigenvalue weighted by atomic mass is 10.3. The summed E-state index contributed by atoms with van der Waals surface area (Å²) in [5.74, 6) is -2.69. The molecule has 0 saturated carbocycles. The Hall–Kier alpha value is -2.56. The maximum Gasteiger partial charge on any atom is 0.424 e. The molecule has 2 heterocycles. The van der Waals surface area contributed by atoms with Crippen LogP contribution in [0.15, 0.2) is 56.6 Å². The van der Waals surface area contributed by atoms with Gasteiger partial charge in [-0.1, -0.05) is 18.2 Å². The third-order valence-electron chi connectivity index (χ3n) is 4.90. The zero-order chi connectivity index (χ0) is 19.9. The summed E-state index contributed by atoms with van der Waals surface area (Å²) in [6.45, 7) is 1.28. The number of sulfonamides is 1. The van der Waals surface area contributed by atoms with Gasteiger partial charge in [0.25, 0.3) is 0 Å². The molecule has 4 rings (SSSR count). The van der Waals surface area contributed by atoms with Crippen LogP contribution in [-0.4, -0.2) is 43.5 Å². The molecule has 2 aromatic carbocycles. The summed E-state index contributed by atoms with van der Waals surface area (Å²) in [7, 11) is -4.27. The highest BCUT2D eigenvalue weighted by atomic mass is 32.2. The number of hydrogen-bond donors (Lipinski definition) is 1. The smallest absolute Gasteiger partial charge is 0.408 e. The van der Waals surface area contributed by atoms with Crippen molar-refractivity contribution in [3.05, 3.63) is 64.6 Å². The van der Waals surface area contributed by atoms with Gasteiger partial charge in [0.1, 0.15) is 11.6 Å². The van der Waals surface area contributed by atoms with Gasteiger partial charge >= 0.3 is 5.76 Å². The molecule has 0 amide bonds. The number of hydrogen-bond acceptors (Lipinski definition) is 4. The number of nitrogens with one attached hydrogen (secondary N) is 1. The van der Waals surface area contributed by atoms with Gasteiger partial charge in [-0.2, -0.15) is 4.31 Å². The summed E-state index contributed by atoms with van der Waals surface area (Å²) < 4.78 is 60.9. The van der Waals surface area contributed by atoms with Crippen molar-refractivity contribution < 1.29 is 26.5 Å². The summed E-state index contributed by atoms with van der Waals surface area (Å²) in [5, 5.41) is 0. The number of para-hydroxylation sites is 2. The van der Waals surface area contributed by atoms with Gasteiger partial charge in [-0.05, 0) is 24.3 Å². The lowest BCUT2D eigenvalue weighted by molar-refractivity contribution is -0.926. The SMILES string of the molecule is O=c1oc2ccccc2n1C[NH+]1CCN(S(=O)(=O)c2c(F)cccc2F)CC1. The fourth-order valence-corrected chi connectivity index (χ4v) is 5.00. The monoisotopic (exact) mass is 410 g/mol. The van der Waals surface area contributed by atoms with Crippen molar-refractivity contribution in [3.8, 4) is 0 Å². The summed E-state index contributed by atoms with van der Waals surface area (Å²) >= 11 is 0. The Labute approximate surface area is 159 Å². The number of quaternary nitrogens is 1. The number of aromatic nitrogens is 1. The zero-order valence-corrected chi connectivity index (χ0v) is 15.6. The molecule has 28 heavy (non-hydrogen) atoms. The van der Waals surface area contributed by atoms with Crippen LogP contribution in [0.1, 0.15) is 0 Å². The maximum absolute atomic E-state index is 13.9. The number of rotatable bonds is 4. The molecule has 0 spiro atoms. The fraction of sp³-hybridized carbons (Fsp3) is 0.278. The lowest BCUT2D eigenvalue weighted by Gasteiger charge is -2.31. The van der Waals surface area contributed by atoms with Crippen LogP contribution in [0, 0.1) is 11.6 Å². The van der Waals surface area contributed by atoms with Crippen molar-refractivity contribution in [3.63, 3.8) is 0 Å². The average Bonchev–Trinajstić information content (AvgIpc) is 2.97. The Balaban J connectivity index is 1.50. The molecular formula is C18H18F2N3O4S+. The Kier molecular flexibility index (Phi) is 4.77. The first-order valence-electron chi connectivity index (χ1n) is 8.74. The topological polar surface area (TPSA) is 77.0 Å². The van der Waals surface area contributed by atoms with Gasteiger partial charge < -0.3 is 9.32 Å². The number of nitrogens with zero attached hydrogens (tertiary/aromatic N) is 2. The standard InChI is InChI=1S/C18H17F2N3O4S/c19-13-4-3-5-14(20)17(13)28(25,26)22-10-8-21(9-11-22)12-23-15-6-1-2-7-16(15)27-18(23)24/h1-7H,8-12H2/p+1. The molecule has 1 aliphatic heterocycles. The van der Waals surface area contributed by atoms with Crippen LogP contribution in [0.2, 0.25) is 0 Å². The Morgan fingerprint density at radius 3 is 2.32 bits per heavy atom. The summed E-state index contributed by atoms with van der Waals surface area (Å²) in [5.41, 5.74) is 1.16. The number of oxazole rings is 1. The van der Waals surface area contributed by atoms with Crippen LogP contribution in [0.4, 0.5) is 8.78 Å². The second kappa shape index (κ2) is 7.12. The van der Waals surface area contributed by atoms with Crippen molar-refractivity contribution in [2.75, 3.05) is 26.2 Å². The Bertz CT molecular complexity index is 1160. The Morgan fingerprint density at radius 2 is 1.64 bits per heavy atom. The normalized spacial score (nSPS) is 16.6. The van der Waals surface area contributed by atoms with Gasteiger partial charge in [-0.15, -0.1) is 0 Å². The van der Waals surface area contributed by atoms with Crippen LogP contribution in [0.5, 0.6) is 0 Å². The van der Waals surface area contributed by atoms with Crippen molar-refractivity contribution in [2.24, 2.45) is 0 Å². The molecule has 7 nitrogen and oxygen atoms in total. The van der Waals surface area contributed by atoms with Crippen LogP contribution in [-0.2, 0) is 16.7 Å². The van der Waals surface area contributed by atoms with Gasteiger partial charge in [0.2, 0.25) is 10.0 Å². The van der Waals surface area contributed by atoms with Crippen LogP contribution in [0.3, 0.4) is 0 Å². The minimum absolute atomic E-state index is 0.0932. The largest absolute Gasteiger partial charge is 0.424 e. The number of benzene rings is 2. The molecule has 1 fully saturated rings. The first-order chi connectivity index (χ1) is 13.4. The molecule has 1 saturated heterocycles. The Morgan fingerprint density at radius 1 is 1.00 bits per heavy atom. The molecule has 1 aromatic heterocycles. The summed E-state index contributed by atoms with van der Waals surface area (Å²) in [6.07, 6.45) is 0. The molecule has 3 aromatic rings. The van der Waals surface area contributed by atoms with Gasteiger partial charge in [0.15, 0.2) is 17.1 Å². The highest BCUT2D eigenvalue weighted by Gasteiger charge is 2.34. The number of fused-ring (bicyclic) bond motifs is 1. The van der Waals surface area contributed by atoms with Crippen molar-refractivity contribution in [1.29, 1.82) is 0 Å². The third kappa shape index (κ3) is 3.23. The van der Waals surface area contributed by atoms with E-state index in [4.69, 9.17) is 4.42 Å². The first kappa shape index (κ1) is 18.8. The lowest BCUT2D eigenvalue weighted by Crippen LogP contribution is -3.14. The van der Waals surface area contributed by atoms with E-state index in [1.165, 1.54) is 4.57 Å². The maximum atomic E-state index is 13.9. The molecule has 0 aliphatic carbocycles. The minimum atomic E-state index is -4.27. The third-order valence-corrected chi connectivity index (χ3v) is 6.85. The average molecular weight is 410 g/mol. The van der Waals surface area contributed by atoms with E-state index in [0.29, 0.717) is 30.9 Å². The minimum Gasteiger partial charge on any atom is -0.408 e.